The molecule has 3 rings (SSSR count). The molecule has 0 spiro atoms. The highest BCUT2D eigenvalue weighted by molar-refractivity contribution is 7.91. The monoisotopic (exact) mass is 403 g/mol. The van der Waals surface area contributed by atoms with Gasteiger partial charge in [-0.05, 0) is 22.9 Å². The van der Waals surface area contributed by atoms with Gasteiger partial charge in [0, 0.05) is 32.6 Å². The van der Waals surface area contributed by atoms with Crippen LogP contribution in [0.1, 0.15) is 6.42 Å². The van der Waals surface area contributed by atoms with E-state index in [2.05, 4.69) is 4.99 Å². The van der Waals surface area contributed by atoms with Gasteiger partial charge in [-0.1, -0.05) is 30.3 Å². The molecular formula is C19H25N5O3S. The summed E-state index contributed by atoms with van der Waals surface area (Å²) >= 11 is 0. The van der Waals surface area contributed by atoms with Crippen LogP contribution in [-0.2, 0) is 14.6 Å². The lowest BCUT2D eigenvalue weighted by Crippen LogP contribution is -2.50. The fraction of sp³-hybridized carbons (Fsp3) is 0.368. The van der Waals surface area contributed by atoms with Gasteiger partial charge in [0.25, 0.3) is 0 Å². The molecule has 0 saturated carbocycles. The van der Waals surface area contributed by atoms with Crippen molar-refractivity contribution in [2.24, 2.45) is 16.5 Å². The number of nitrogens with two attached hydrogens (primary N) is 2. The zero-order valence-electron chi connectivity index (χ0n) is 15.6. The van der Waals surface area contributed by atoms with Crippen LogP contribution in [0.3, 0.4) is 0 Å². The Morgan fingerprint density at radius 3 is 2.36 bits per heavy atom. The normalized spacial score (nSPS) is 15.5. The van der Waals surface area contributed by atoms with Crippen molar-refractivity contribution < 1.29 is 13.2 Å². The van der Waals surface area contributed by atoms with E-state index >= 15 is 0 Å². The maximum absolute atomic E-state index is 12.8. The van der Waals surface area contributed by atoms with Gasteiger partial charge in [-0.2, -0.15) is 0 Å². The predicted molar refractivity (Wildman–Crippen MR) is 109 cm³/mol. The third-order valence-electron chi connectivity index (χ3n) is 4.78. The zero-order valence-corrected chi connectivity index (χ0v) is 16.4. The number of hydrogen-bond acceptors (Lipinski definition) is 5. The van der Waals surface area contributed by atoms with Crippen molar-refractivity contribution in [3.8, 4) is 0 Å². The van der Waals surface area contributed by atoms with Crippen LogP contribution in [0, 0.1) is 0 Å². The number of piperazine rings is 1. The van der Waals surface area contributed by atoms with Gasteiger partial charge in [-0.15, -0.1) is 0 Å². The smallest absolute Gasteiger partial charge is 0.224 e. The van der Waals surface area contributed by atoms with Gasteiger partial charge < -0.3 is 16.4 Å². The van der Waals surface area contributed by atoms with Crippen LogP contribution in [0.5, 0.6) is 0 Å². The highest BCUT2D eigenvalue weighted by Gasteiger charge is 2.25. The summed E-state index contributed by atoms with van der Waals surface area (Å²) in [4.78, 5) is 19.9. The van der Waals surface area contributed by atoms with Gasteiger partial charge in [-0.3, -0.25) is 14.7 Å². The van der Waals surface area contributed by atoms with Crippen molar-refractivity contribution >= 4 is 32.5 Å². The Balaban J connectivity index is 1.57. The van der Waals surface area contributed by atoms with Crippen molar-refractivity contribution in [3.63, 3.8) is 0 Å². The Kier molecular flexibility index (Phi) is 6.15. The standard InChI is InChI=1S/C19H25N5O3S/c20-19(21)22-8-7-18(25)24-11-9-23(10-12-24)14-28(26,27)17-6-5-15-3-1-2-4-16(15)13-17/h1-6,13H,7-12,14H2,(H4,20,21,22). The molecule has 4 N–H and O–H groups in total. The average molecular weight is 404 g/mol. The first-order valence-electron chi connectivity index (χ1n) is 9.12. The van der Waals surface area contributed by atoms with Crippen LogP contribution in [0.25, 0.3) is 10.8 Å². The number of hydrogen-bond donors (Lipinski definition) is 2. The Bertz CT molecular complexity index is 978. The van der Waals surface area contributed by atoms with Crippen molar-refractivity contribution in [2.45, 2.75) is 11.3 Å². The molecule has 1 saturated heterocycles. The maximum atomic E-state index is 12.8. The van der Waals surface area contributed by atoms with E-state index in [9.17, 15) is 13.2 Å². The summed E-state index contributed by atoms with van der Waals surface area (Å²) in [5.74, 6) is -0.111. The highest BCUT2D eigenvalue weighted by Crippen LogP contribution is 2.20. The number of nitrogens with zero attached hydrogens (tertiary/aromatic N) is 3. The van der Waals surface area contributed by atoms with E-state index in [-0.39, 0.29) is 30.7 Å². The number of guanidine groups is 1. The molecule has 1 aliphatic rings. The molecule has 0 radical (unpaired) electrons. The number of sulfone groups is 1. The van der Waals surface area contributed by atoms with Crippen molar-refractivity contribution in [1.29, 1.82) is 0 Å². The van der Waals surface area contributed by atoms with Crippen molar-refractivity contribution in [1.82, 2.24) is 9.80 Å². The summed E-state index contributed by atoms with van der Waals surface area (Å²) in [5.41, 5.74) is 10.5. The molecule has 0 atom stereocenters. The second kappa shape index (κ2) is 8.57. The van der Waals surface area contributed by atoms with E-state index in [0.717, 1.165) is 10.8 Å². The molecule has 0 bridgehead atoms. The minimum Gasteiger partial charge on any atom is -0.370 e. The molecule has 8 nitrogen and oxygen atoms in total. The first kappa shape index (κ1) is 20.1. The second-order valence-corrected chi connectivity index (χ2v) is 8.77. The second-order valence-electron chi connectivity index (χ2n) is 6.81. The molecule has 1 fully saturated rings. The number of carbonyl (C=O) groups is 1. The van der Waals surface area contributed by atoms with Gasteiger partial charge in [0.15, 0.2) is 15.8 Å². The number of amides is 1. The maximum Gasteiger partial charge on any atom is 0.224 e. The van der Waals surface area contributed by atoms with Crippen LogP contribution < -0.4 is 11.5 Å². The number of benzene rings is 2. The summed E-state index contributed by atoms with van der Waals surface area (Å²) in [6, 6.07) is 12.9. The summed E-state index contributed by atoms with van der Waals surface area (Å²) in [5, 5.41) is 1.91. The SMILES string of the molecule is NC(N)=NCCC(=O)N1CCN(CS(=O)(=O)c2ccc3ccccc3c2)CC1. The molecular weight excluding hydrogens is 378 g/mol. The zero-order chi connectivity index (χ0) is 20.1. The molecule has 1 heterocycles. The molecule has 0 unspecified atom stereocenters. The molecule has 0 aliphatic carbocycles. The largest absolute Gasteiger partial charge is 0.370 e. The van der Waals surface area contributed by atoms with Crippen LogP contribution in [0.2, 0.25) is 0 Å². The molecule has 28 heavy (non-hydrogen) atoms. The number of aliphatic imine (C=N–C) groups is 1. The topological polar surface area (TPSA) is 122 Å². The van der Waals surface area contributed by atoms with Crippen LogP contribution in [-0.4, -0.2) is 68.7 Å². The van der Waals surface area contributed by atoms with E-state index in [1.54, 1.807) is 17.0 Å². The average Bonchev–Trinajstić information content (AvgIpc) is 2.67. The quantitative estimate of drug-likeness (QED) is 0.531. The molecule has 1 aliphatic heterocycles. The Hall–Kier alpha value is -2.65. The first-order chi connectivity index (χ1) is 13.3. The number of fused-ring (bicyclic) bond motifs is 1. The molecule has 2 aromatic rings. The van der Waals surface area contributed by atoms with E-state index in [1.165, 1.54) is 0 Å². The number of rotatable bonds is 6. The third kappa shape index (κ3) is 4.99. The van der Waals surface area contributed by atoms with Crippen molar-refractivity contribution in [2.75, 3.05) is 38.6 Å². The molecule has 0 aromatic heterocycles. The lowest BCUT2D eigenvalue weighted by molar-refractivity contribution is -0.132. The van der Waals surface area contributed by atoms with Gasteiger partial charge in [-0.25, -0.2) is 8.42 Å². The van der Waals surface area contributed by atoms with E-state index < -0.39 is 9.84 Å². The van der Waals surface area contributed by atoms with E-state index in [4.69, 9.17) is 11.5 Å². The van der Waals surface area contributed by atoms with Gasteiger partial charge in [0.2, 0.25) is 5.91 Å². The highest BCUT2D eigenvalue weighted by atomic mass is 32.2. The Morgan fingerprint density at radius 1 is 1.00 bits per heavy atom. The van der Waals surface area contributed by atoms with Crippen LogP contribution >= 0.6 is 0 Å². The summed E-state index contributed by atoms with van der Waals surface area (Å²) in [6.07, 6.45) is 0.243. The Morgan fingerprint density at radius 2 is 1.68 bits per heavy atom. The molecule has 9 heteroatoms. The summed E-state index contributed by atoms with van der Waals surface area (Å²) < 4.78 is 25.6. The molecule has 150 valence electrons. The summed E-state index contributed by atoms with van der Waals surface area (Å²) in [6.45, 7) is 2.28. The minimum absolute atomic E-state index is 0.0259. The van der Waals surface area contributed by atoms with E-state index in [1.807, 2.05) is 35.2 Å². The molecule has 1 amide bonds. The Labute approximate surface area is 164 Å². The van der Waals surface area contributed by atoms with Crippen LogP contribution in [0.15, 0.2) is 52.4 Å². The van der Waals surface area contributed by atoms with Gasteiger partial charge >= 0.3 is 0 Å². The lowest BCUT2D eigenvalue weighted by atomic mass is 10.1. The van der Waals surface area contributed by atoms with Crippen LogP contribution in [0.4, 0.5) is 0 Å². The van der Waals surface area contributed by atoms with E-state index in [0.29, 0.717) is 31.1 Å². The summed E-state index contributed by atoms with van der Waals surface area (Å²) in [7, 11) is -3.44. The fourth-order valence-corrected chi connectivity index (χ4v) is 4.71. The third-order valence-corrected chi connectivity index (χ3v) is 6.45. The number of carbonyl (C=O) groups excluding carboxylic acids is 1. The van der Waals surface area contributed by atoms with Gasteiger partial charge in [0.05, 0.1) is 11.4 Å². The first-order valence-corrected chi connectivity index (χ1v) is 10.8. The van der Waals surface area contributed by atoms with Crippen molar-refractivity contribution in [3.05, 3.63) is 42.5 Å². The van der Waals surface area contributed by atoms with Gasteiger partial charge in [0.1, 0.15) is 5.88 Å². The predicted octanol–water partition coefficient (Wildman–Crippen LogP) is 0.379. The lowest BCUT2D eigenvalue weighted by Gasteiger charge is -2.34. The minimum atomic E-state index is -3.44. The molecule has 2 aromatic carbocycles. The fourth-order valence-electron chi connectivity index (χ4n) is 3.24.